The van der Waals surface area contributed by atoms with Gasteiger partial charge in [0.25, 0.3) is 5.91 Å². The summed E-state index contributed by atoms with van der Waals surface area (Å²) in [5.41, 5.74) is 3.68. The third-order valence-electron chi connectivity index (χ3n) is 3.35. The Morgan fingerprint density at radius 3 is 2.31 bits per heavy atom. The Labute approximate surface area is 149 Å². The lowest BCUT2D eigenvalue weighted by Gasteiger charge is -2.16. The molecule has 0 aliphatic heterocycles. The predicted molar refractivity (Wildman–Crippen MR) is 91.3 cm³/mol. The van der Waals surface area contributed by atoms with Crippen LogP contribution in [0.15, 0.2) is 42.5 Å². The molecule has 0 fully saturated rings. The molecular weight excluding hydrogens is 349 g/mol. The highest BCUT2D eigenvalue weighted by Crippen LogP contribution is 2.34. The summed E-state index contributed by atoms with van der Waals surface area (Å²) >= 11 is 0. The molecule has 0 unspecified atom stereocenters. The van der Waals surface area contributed by atoms with Crippen molar-refractivity contribution in [2.24, 2.45) is 0 Å². The Bertz CT molecular complexity index is 764. The van der Waals surface area contributed by atoms with E-state index in [9.17, 15) is 18.0 Å². The number of nitrogens with one attached hydrogen (secondary N) is 2. The first kappa shape index (κ1) is 19.4. The summed E-state index contributed by atoms with van der Waals surface area (Å²) < 4.78 is 49.7. The number of carbonyl (C=O) groups is 1. The third kappa shape index (κ3) is 4.81. The number of amides is 1. The van der Waals surface area contributed by atoms with E-state index in [1.54, 1.807) is 13.0 Å². The van der Waals surface area contributed by atoms with Gasteiger partial charge in [-0.2, -0.15) is 13.2 Å². The Kier molecular flexibility index (Phi) is 6.32. The molecule has 1 amide bonds. The maximum absolute atomic E-state index is 13.0. The summed E-state index contributed by atoms with van der Waals surface area (Å²) in [5.74, 6) is 0.268. The van der Waals surface area contributed by atoms with Gasteiger partial charge in [0.05, 0.1) is 24.5 Å². The van der Waals surface area contributed by atoms with Crippen LogP contribution < -0.4 is 20.3 Å². The van der Waals surface area contributed by atoms with Crippen LogP contribution in [-0.4, -0.2) is 19.1 Å². The summed E-state index contributed by atoms with van der Waals surface area (Å²) in [5, 5.41) is 0. The van der Waals surface area contributed by atoms with Crippen molar-refractivity contribution in [2.75, 3.05) is 18.6 Å². The summed E-state index contributed by atoms with van der Waals surface area (Å²) in [6.45, 7) is 4.42. The maximum Gasteiger partial charge on any atom is 0.418 e. The van der Waals surface area contributed by atoms with Crippen molar-refractivity contribution < 1.29 is 27.4 Å². The van der Waals surface area contributed by atoms with Crippen molar-refractivity contribution in [2.45, 2.75) is 20.0 Å². The molecule has 2 rings (SSSR count). The lowest BCUT2D eigenvalue weighted by Crippen LogP contribution is -2.30. The Balaban J connectivity index is 2.15. The van der Waals surface area contributed by atoms with Crippen LogP contribution in [0.2, 0.25) is 0 Å². The highest BCUT2D eigenvalue weighted by Gasteiger charge is 2.33. The summed E-state index contributed by atoms with van der Waals surface area (Å²) in [4.78, 5) is 12.3. The van der Waals surface area contributed by atoms with Gasteiger partial charge in [0.15, 0.2) is 11.5 Å². The molecule has 26 heavy (non-hydrogen) atoms. The van der Waals surface area contributed by atoms with Gasteiger partial charge in [-0.3, -0.25) is 15.6 Å². The zero-order valence-corrected chi connectivity index (χ0v) is 14.3. The molecule has 0 aliphatic rings. The highest BCUT2D eigenvalue weighted by molar-refractivity contribution is 5.95. The average Bonchev–Trinajstić information content (AvgIpc) is 2.61. The van der Waals surface area contributed by atoms with Crippen LogP contribution in [-0.2, 0) is 6.18 Å². The molecule has 2 aromatic carbocycles. The lowest BCUT2D eigenvalue weighted by atomic mass is 10.1. The molecule has 0 saturated carbocycles. The molecular formula is C18H19F3N2O3. The topological polar surface area (TPSA) is 59.6 Å². The number of para-hydroxylation sites is 1. The number of hydrogen-bond donors (Lipinski definition) is 2. The molecule has 0 heterocycles. The van der Waals surface area contributed by atoms with Gasteiger partial charge in [-0.15, -0.1) is 0 Å². The fourth-order valence-electron chi connectivity index (χ4n) is 2.23. The number of hydrogen-bond acceptors (Lipinski definition) is 4. The summed E-state index contributed by atoms with van der Waals surface area (Å²) in [7, 11) is 0. The van der Waals surface area contributed by atoms with E-state index in [1.807, 2.05) is 6.92 Å². The minimum atomic E-state index is -4.53. The smallest absolute Gasteiger partial charge is 0.418 e. The van der Waals surface area contributed by atoms with E-state index in [0.717, 1.165) is 6.07 Å². The number of alkyl halides is 3. The molecule has 0 bridgehead atoms. The van der Waals surface area contributed by atoms with E-state index in [4.69, 9.17) is 9.47 Å². The van der Waals surface area contributed by atoms with E-state index in [0.29, 0.717) is 24.7 Å². The zero-order valence-electron chi connectivity index (χ0n) is 14.3. The number of halogens is 3. The molecule has 8 heteroatoms. The van der Waals surface area contributed by atoms with Crippen molar-refractivity contribution in [3.8, 4) is 11.5 Å². The largest absolute Gasteiger partial charge is 0.490 e. The van der Waals surface area contributed by atoms with E-state index in [-0.39, 0.29) is 11.3 Å². The third-order valence-corrected chi connectivity index (χ3v) is 3.35. The molecule has 0 saturated heterocycles. The van der Waals surface area contributed by atoms with E-state index in [2.05, 4.69) is 10.9 Å². The first-order valence-electron chi connectivity index (χ1n) is 7.99. The zero-order chi connectivity index (χ0) is 19.2. The second-order valence-electron chi connectivity index (χ2n) is 5.15. The van der Waals surface area contributed by atoms with E-state index in [1.165, 1.54) is 30.3 Å². The molecule has 2 aromatic rings. The number of carbonyl (C=O) groups excluding carboxylic acids is 1. The van der Waals surface area contributed by atoms with Gasteiger partial charge in [0.2, 0.25) is 0 Å². The minimum absolute atomic E-state index is 0.217. The van der Waals surface area contributed by atoms with Crippen LogP contribution in [0, 0.1) is 0 Å². The van der Waals surface area contributed by atoms with Gasteiger partial charge in [0.1, 0.15) is 0 Å². The number of hydrazine groups is 1. The number of anilines is 1. The molecule has 0 spiro atoms. The minimum Gasteiger partial charge on any atom is -0.490 e. The van der Waals surface area contributed by atoms with E-state index >= 15 is 0 Å². The fraction of sp³-hybridized carbons (Fsp3) is 0.278. The fourth-order valence-corrected chi connectivity index (χ4v) is 2.23. The monoisotopic (exact) mass is 368 g/mol. The van der Waals surface area contributed by atoms with Gasteiger partial charge >= 0.3 is 6.18 Å². The lowest BCUT2D eigenvalue weighted by molar-refractivity contribution is -0.137. The maximum atomic E-state index is 13.0. The Morgan fingerprint density at radius 1 is 1.00 bits per heavy atom. The number of benzene rings is 2. The van der Waals surface area contributed by atoms with Gasteiger partial charge in [0, 0.05) is 5.56 Å². The van der Waals surface area contributed by atoms with Crippen molar-refractivity contribution in [1.82, 2.24) is 5.43 Å². The summed E-state index contributed by atoms with van der Waals surface area (Å²) in [6, 6.07) is 9.42. The molecule has 0 radical (unpaired) electrons. The van der Waals surface area contributed by atoms with Gasteiger partial charge in [-0.05, 0) is 44.2 Å². The first-order valence-corrected chi connectivity index (χ1v) is 7.99. The quantitative estimate of drug-likeness (QED) is 0.717. The molecule has 140 valence electrons. The molecule has 5 nitrogen and oxygen atoms in total. The van der Waals surface area contributed by atoms with Crippen molar-refractivity contribution in [3.63, 3.8) is 0 Å². The first-order chi connectivity index (χ1) is 12.4. The molecule has 2 N–H and O–H groups in total. The van der Waals surface area contributed by atoms with Crippen LogP contribution in [0.25, 0.3) is 0 Å². The van der Waals surface area contributed by atoms with E-state index < -0.39 is 17.6 Å². The standard InChI is InChI=1S/C18H19F3N2O3/c1-3-25-15-10-9-12(11-16(15)26-4-2)17(24)23-22-14-8-6-5-7-13(14)18(19,20)21/h5-11,22H,3-4H2,1-2H3,(H,23,24). The highest BCUT2D eigenvalue weighted by atomic mass is 19.4. The average molecular weight is 368 g/mol. The SMILES string of the molecule is CCOc1ccc(C(=O)NNc2ccccc2C(F)(F)F)cc1OCC. The van der Waals surface area contributed by atoms with Gasteiger partial charge in [-0.25, -0.2) is 0 Å². The van der Waals surface area contributed by atoms with Crippen LogP contribution >= 0.6 is 0 Å². The van der Waals surface area contributed by atoms with Crippen molar-refractivity contribution >= 4 is 11.6 Å². The Hall–Kier alpha value is -2.90. The van der Waals surface area contributed by atoms with Crippen LogP contribution in [0.4, 0.5) is 18.9 Å². The molecule has 0 aromatic heterocycles. The molecule has 0 aliphatic carbocycles. The van der Waals surface area contributed by atoms with Gasteiger partial charge in [-0.1, -0.05) is 12.1 Å². The number of ether oxygens (including phenoxy) is 2. The normalized spacial score (nSPS) is 11.0. The van der Waals surface area contributed by atoms with Crippen LogP contribution in [0.3, 0.4) is 0 Å². The van der Waals surface area contributed by atoms with Gasteiger partial charge < -0.3 is 9.47 Å². The van der Waals surface area contributed by atoms with Crippen LogP contribution in [0.5, 0.6) is 11.5 Å². The van der Waals surface area contributed by atoms with Crippen molar-refractivity contribution in [1.29, 1.82) is 0 Å². The second-order valence-corrected chi connectivity index (χ2v) is 5.15. The van der Waals surface area contributed by atoms with Crippen LogP contribution in [0.1, 0.15) is 29.8 Å². The summed E-state index contributed by atoms with van der Waals surface area (Å²) in [6.07, 6.45) is -4.53. The second kappa shape index (κ2) is 8.46. The van der Waals surface area contributed by atoms with Crippen molar-refractivity contribution in [3.05, 3.63) is 53.6 Å². The number of rotatable bonds is 7. The molecule has 0 atom stereocenters. The predicted octanol–water partition coefficient (Wildman–Crippen LogP) is 4.26. The Morgan fingerprint density at radius 2 is 1.65 bits per heavy atom.